The van der Waals surface area contributed by atoms with E-state index in [0.717, 1.165) is 49.4 Å². The van der Waals surface area contributed by atoms with E-state index in [2.05, 4.69) is 85.1 Å². The molecule has 0 saturated carbocycles. The first-order valence-corrected chi connectivity index (χ1v) is 16.9. The van der Waals surface area contributed by atoms with Crippen LogP contribution < -0.4 is 14.5 Å². The molecule has 2 atom stereocenters. The lowest BCUT2D eigenvalue weighted by Crippen LogP contribution is -2.56. The van der Waals surface area contributed by atoms with Crippen LogP contribution in [-0.4, -0.2) is 101 Å². The zero-order valence-electron chi connectivity index (χ0n) is 25.8. The minimum atomic E-state index is -0.800. The highest BCUT2D eigenvalue weighted by atomic mass is 127. The van der Waals surface area contributed by atoms with Gasteiger partial charge in [0.2, 0.25) is 12.5 Å². The van der Waals surface area contributed by atoms with Crippen molar-refractivity contribution < 1.29 is 19.4 Å². The maximum Gasteiger partial charge on any atom is 0.318 e. The van der Waals surface area contributed by atoms with Crippen molar-refractivity contribution in [2.75, 3.05) is 62.2 Å². The van der Waals surface area contributed by atoms with Crippen LogP contribution in [-0.2, 0) is 22.6 Å². The molecule has 12 heteroatoms. The highest BCUT2D eigenvalue weighted by molar-refractivity contribution is 14.1. The van der Waals surface area contributed by atoms with E-state index in [-0.39, 0.29) is 31.0 Å². The molecule has 6 rings (SSSR count). The smallest absolute Gasteiger partial charge is 0.318 e. The van der Waals surface area contributed by atoms with E-state index in [1.165, 1.54) is 26.1 Å². The normalized spacial score (nSPS) is 20.0. The van der Waals surface area contributed by atoms with Crippen LogP contribution in [0.1, 0.15) is 30.5 Å². The van der Waals surface area contributed by atoms with Gasteiger partial charge in [-0.3, -0.25) is 14.5 Å². The molecule has 0 spiro atoms. The lowest BCUT2D eigenvalue weighted by molar-refractivity contribution is -0.137. The van der Waals surface area contributed by atoms with Crippen molar-refractivity contribution in [3.63, 3.8) is 0 Å². The molecule has 2 aromatic carbocycles. The first-order chi connectivity index (χ1) is 22.4. The Bertz CT molecular complexity index is 1670. The van der Waals surface area contributed by atoms with Gasteiger partial charge in [0.05, 0.1) is 18.7 Å². The summed E-state index contributed by atoms with van der Waals surface area (Å²) in [5.41, 5.74) is 3.16. The lowest BCUT2D eigenvalue weighted by Gasteiger charge is -2.41. The Hall–Kier alpha value is -3.96. The number of benzene rings is 2. The van der Waals surface area contributed by atoms with Crippen LogP contribution in [0.15, 0.2) is 49.1 Å². The van der Waals surface area contributed by atoms with Gasteiger partial charge in [-0.15, -0.1) is 0 Å². The number of halogens is 1. The molecule has 1 aromatic heterocycles. The van der Waals surface area contributed by atoms with Crippen LogP contribution in [0, 0.1) is 10.1 Å². The van der Waals surface area contributed by atoms with Crippen molar-refractivity contribution in [2.45, 2.75) is 44.3 Å². The van der Waals surface area contributed by atoms with E-state index in [0.29, 0.717) is 45.3 Å². The number of anilines is 2. The van der Waals surface area contributed by atoms with Gasteiger partial charge < -0.3 is 29.4 Å². The fraction of sp³-hybridized carbons (Fsp3) is 0.441. The molecule has 1 amide bonds. The number of ether oxygens (including phenoxy) is 1. The number of aromatic nitrogens is 2. The minimum Gasteiger partial charge on any atom is -0.481 e. The number of carboxylic acid groups (broad SMARTS) is 1. The topological polar surface area (TPSA) is 107 Å². The maximum absolute atomic E-state index is 12.6. The molecule has 0 aliphatic carbocycles. The van der Waals surface area contributed by atoms with Gasteiger partial charge in [-0.2, -0.15) is 9.97 Å². The first kappa shape index (κ1) is 32.0. The van der Waals surface area contributed by atoms with Crippen LogP contribution in [0.25, 0.3) is 15.6 Å². The van der Waals surface area contributed by atoms with E-state index < -0.39 is 5.97 Å². The Morgan fingerprint density at radius 2 is 1.93 bits per heavy atom. The molecule has 4 heterocycles. The summed E-state index contributed by atoms with van der Waals surface area (Å²) in [5.74, 6) is -0.153. The Balaban J connectivity index is 1.31. The molecule has 240 valence electrons. The third kappa shape index (κ3) is 6.76. The lowest BCUT2D eigenvalue weighted by atomic mass is 10.0. The maximum atomic E-state index is 12.6. The van der Waals surface area contributed by atoms with Crippen LogP contribution in [0.3, 0.4) is 0 Å². The molecule has 0 unspecified atom stereocenters. The Morgan fingerprint density at radius 1 is 1.11 bits per heavy atom. The van der Waals surface area contributed by atoms with Crippen molar-refractivity contribution in [1.82, 2.24) is 19.8 Å². The van der Waals surface area contributed by atoms with Gasteiger partial charge >= 0.3 is 12.0 Å². The predicted molar refractivity (Wildman–Crippen MR) is 185 cm³/mol. The fourth-order valence-corrected chi connectivity index (χ4v) is 7.76. The molecule has 3 aliphatic heterocycles. The van der Waals surface area contributed by atoms with Crippen molar-refractivity contribution in [2.24, 2.45) is 0 Å². The summed E-state index contributed by atoms with van der Waals surface area (Å²) in [4.78, 5) is 45.8. The third-order valence-electron chi connectivity index (χ3n) is 9.25. The number of rotatable bonds is 10. The van der Waals surface area contributed by atoms with Crippen LogP contribution in [0.4, 0.5) is 11.5 Å². The van der Waals surface area contributed by atoms with Crippen LogP contribution in [0.5, 0.6) is 6.01 Å². The number of carbonyl (C=O) groups is 2. The number of carbonyl (C=O) groups excluding carboxylic acids is 1. The zero-order valence-corrected chi connectivity index (χ0v) is 27.9. The summed E-state index contributed by atoms with van der Waals surface area (Å²) < 4.78 is 7.52. The number of amides is 1. The molecule has 3 aromatic rings. The molecular weight excluding hydrogens is 697 g/mol. The standard InChI is InChI=1S/C34H38IN7O4/c1-3-30(43)42-18-17-41(20-25(42)19-36-2)33-26-12-15-40(29-11-5-8-23-7-4-10-27(35)32(23)29)21-28(26)37-34(38-33)46-22-24-9-6-14-39(24)16-13-31(44)45/h3-5,7-8,10-11,24-25H,1,6,9,12-22H2,(H,44,45)/t24-,25-/m0/s1. The van der Waals surface area contributed by atoms with Gasteiger partial charge in [-0.05, 0) is 72.0 Å². The molecule has 0 radical (unpaired) electrons. The number of carboxylic acids is 1. The molecule has 0 bridgehead atoms. The van der Waals surface area contributed by atoms with Crippen molar-refractivity contribution in [1.29, 1.82) is 0 Å². The SMILES string of the molecule is [C-]#[N+]C[C@H]1CN(c2nc(OC[C@@H]3CCCN3CCC(=O)O)nc3c2CCN(c2cccc4cccc(I)c24)C3)CCN1C(=O)C=C. The van der Waals surface area contributed by atoms with E-state index in [9.17, 15) is 14.7 Å². The molecule has 2 fully saturated rings. The summed E-state index contributed by atoms with van der Waals surface area (Å²) in [5, 5.41) is 11.6. The zero-order chi connectivity index (χ0) is 32.2. The molecule has 2 saturated heterocycles. The van der Waals surface area contributed by atoms with Gasteiger partial charge in [0, 0.05) is 59.0 Å². The van der Waals surface area contributed by atoms with Gasteiger partial charge in [0.1, 0.15) is 18.5 Å². The Kier molecular flexibility index (Phi) is 9.89. The second-order valence-corrected chi connectivity index (χ2v) is 13.2. The van der Waals surface area contributed by atoms with E-state index in [1.54, 1.807) is 4.90 Å². The van der Waals surface area contributed by atoms with Crippen molar-refractivity contribution >= 4 is 56.7 Å². The summed E-state index contributed by atoms with van der Waals surface area (Å²) >= 11 is 2.41. The van der Waals surface area contributed by atoms with Crippen LogP contribution >= 0.6 is 22.6 Å². The Morgan fingerprint density at radius 3 is 2.72 bits per heavy atom. The van der Waals surface area contributed by atoms with Gasteiger partial charge in [0.25, 0.3) is 0 Å². The fourth-order valence-electron chi connectivity index (χ4n) is 6.96. The summed E-state index contributed by atoms with van der Waals surface area (Å²) in [6, 6.07) is 12.9. The summed E-state index contributed by atoms with van der Waals surface area (Å²) in [7, 11) is 0. The van der Waals surface area contributed by atoms with Gasteiger partial charge in [0.15, 0.2) is 0 Å². The molecule has 3 aliphatic rings. The second kappa shape index (κ2) is 14.2. The highest BCUT2D eigenvalue weighted by Gasteiger charge is 2.35. The predicted octanol–water partition coefficient (Wildman–Crippen LogP) is 4.24. The molecule has 1 N–H and O–H groups in total. The Labute approximate surface area is 282 Å². The number of piperazine rings is 1. The average molecular weight is 736 g/mol. The molecule has 11 nitrogen and oxygen atoms in total. The minimum absolute atomic E-state index is 0.102. The van der Waals surface area contributed by atoms with Gasteiger partial charge in [-0.1, -0.05) is 30.8 Å². The number of aliphatic carboxylic acids is 1. The van der Waals surface area contributed by atoms with E-state index in [4.69, 9.17) is 21.3 Å². The monoisotopic (exact) mass is 735 g/mol. The number of likely N-dealkylation sites (tertiary alicyclic amines) is 1. The number of nitrogens with zero attached hydrogens (tertiary/aromatic N) is 7. The summed E-state index contributed by atoms with van der Waals surface area (Å²) in [6.45, 7) is 16.0. The average Bonchev–Trinajstić information content (AvgIpc) is 3.52. The number of hydrogen-bond acceptors (Lipinski definition) is 8. The van der Waals surface area contributed by atoms with Gasteiger partial charge in [-0.25, -0.2) is 6.57 Å². The van der Waals surface area contributed by atoms with Crippen molar-refractivity contribution in [3.8, 4) is 6.01 Å². The number of hydrogen-bond donors (Lipinski definition) is 1. The van der Waals surface area contributed by atoms with Crippen molar-refractivity contribution in [3.05, 3.63) is 75.3 Å². The third-order valence-corrected chi connectivity index (χ3v) is 10.2. The second-order valence-electron chi connectivity index (χ2n) is 12.0. The first-order valence-electron chi connectivity index (χ1n) is 15.8. The molecular formula is C34H38IN7O4. The quantitative estimate of drug-likeness (QED) is 0.186. The summed E-state index contributed by atoms with van der Waals surface area (Å²) in [6.07, 6.45) is 4.10. The van der Waals surface area contributed by atoms with E-state index in [1.807, 2.05) is 0 Å². The highest BCUT2D eigenvalue weighted by Crippen LogP contribution is 2.36. The number of fused-ring (bicyclic) bond motifs is 2. The van der Waals surface area contributed by atoms with E-state index >= 15 is 0 Å². The molecule has 46 heavy (non-hydrogen) atoms. The van der Waals surface area contributed by atoms with Crippen LogP contribution in [0.2, 0.25) is 0 Å². The largest absolute Gasteiger partial charge is 0.481 e.